The second-order valence-electron chi connectivity index (χ2n) is 12.9. The number of benzene rings is 5. The predicted molar refractivity (Wildman–Crippen MR) is 184 cm³/mol. The monoisotopic (exact) mass is 782 g/mol. The molecule has 2 heterocycles. The first-order valence-corrected chi connectivity index (χ1v) is 15.3. The maximum Gasteiger partial charge on any atom is 0.230 e. The van der Waals surface area contributed by atoms with Crippen molar-refractivity contribution in [2.24, 2.45) is 0 Å². The minimum absolute atomic E-state index is 0. The van der Waals surface area contributed by atoms with Crippen molar-refractivity contribution in [2.75, 3.05) is 0 Å². The summed E-state index contributed by atoms with van der Waals surface area (Å²) in [5, 5.41) is 11.8. The largest absolute Gasteiger partial charge is 0.507 e. The molecule has 0 atom stereocenters. The third kappa shape index (κ3) is 5.56. The zero-order chi connectivity index (χ0) is 31.5. The summed E-state index contributed by atoms with van der Waals surface area (Å²) in [6.07, 6.45) is 1.88. The van der Waals surface area contributed by atoms with E-state index in [1.165, 1.54) is 27.8 Å². The van der Waals surface area contributed by atoms with Crippen molar-refractivity contribution in [3.8, 4) is 50.6 Å². The van der Waals surface area contributed by atoms with Gasteiger partial charge in [-0.15, -0.1) is 35.4 Å². The first-order valence-electron chi connectivity index (χ1n) is 15.3. The molecule has 2 aromatic heterocycles. The van der Waals surface area contributed by atoms with E-state index in [1.807, 2.05) is 18.3 Å². The Morgan fingerprint density at radius 3 is 2.07 bits per heavy atom. The Morgan fingerprint density at radius 1 is 0.696 bits per heavy atom. The van der Waals surface area contributed by atoms with Crippen molar-refractivity contribution in [1.29, 1.82) is 0 Å². The second kappa shape index (κ2) is 12.0. The van der Waals surface area contributed by atoms with Crippen molar-refractivity contribution in [1.82, 2.24) is 9.97 Å². The predicted octanol–water partition coefficient (Wildman–Crippen LogP) is 10.8. The van der Waals surface area contributed by atoms with Gasteiger partial charge < -0.3 is 9.52 Å². The van der Waals surface area contributed by atoms with E-state index in [2.05, 4.69) is 114 Å². The molecule has 232 valence electrons. The number of aryl methyl sites for hydroxylation is 3. The number of para-hydroxylation sites is 1. The number of fused-ring (bicyclic) bond motifs is 2. The van der Waals surface area contributed by atoms with E-state index in [4.69, 9.17) is 14.4 Å². The molecule has 0 saturated heterocycles. The Kier molecular flexibility index (Phi) is 8.21. The van der Waals surface area contributed by atoms with Crippen LogP contribution in [0.3, 0.4) is 0 Å². The summed E-state index contributed by atoms with van der Waals surface area (Å²) in [5.41, 5.74) is 13.7. The second-order valence-corrected chi connectivity index (χ2v) is 12.9. The summed E-state index contributed by atoms with van der Waals surface area (Å²) in [6, 6.07) is 34.4. The number of phenolic OH excluding ortho intramolecular Hbond substituents is 1. The van der Waals surface area contributed by atoms with Crippen LogP contribution >= 0.6 is 0 Å². The molecule has 0 amide bonds. The van der Waals surface area contributed by atoms with Crippen molar-refractivity contribution in [3.05, 3.63) is 126 Å². The Hall–Kier alpha value is -4.53. The quantitative estimate of drug-likeness (QED) is 0.181. The summed E-state index contributed by atoms with van der Waals surface area (Å²) in [7, 11) is 0. The first kappa shape index (κ1) is 31.5. The number of rotatable bonds is 4. The number of aromatic hydroxyl groups is 1. The van der Waals surface area contributed by atoms with Crippen LogP contribution in [0.25, 0.3) is 66.8 Å². The number of hydrogen-bond donors (Lipinski definition) is 1. The number of hydrogen-bond acceptors (Lipinski definition) is 4. The van der Waals surface area contributed by atoms with E-state index < -0.39 is 0 Å². The van der Waals surface area contributed by atoms with Crippen LogP contribution in [0.4, 0.5) is 0 Å². The average Bonchev–Trinajstić information content (AvgIpc) is 3.44. The molecule has 7 rings (SSSR count). The summed E-state index contributed by atoms with van der Waals surface area (Å²) < 4.78 is 6.38. The van der Waals surface area contributed by atoms with Crippen molar-refractivity contribution >= 4 is 22.0 Å². The fourth-order valence-corrected chi connectivity index (χ4v) is 6.23. The van der Waals surface area contributed by atoms with Crippen LogP contribution in [0.5, 0.6) is 5.75 Å². The Labute approximate surface area is 284 Å². The maximum absolute atomic E-state index is 10.6. The van der Waals surface area contributed by atoms with Gasteiger partial charge in [0.25, 0.3) is 0 Å². The van der Waals surface area contributed by atoms with Gasteiger partial charge in [0.05, 0.1) is 11.1 Å². The Bertz CT molecular complexity index is 2240. The third-order valence-electron chi connectivity index (χ3n) is 8.70. The topological polar surface area (TPSA) is 59.2 Å². The number of aromatic nitrogens is 2. The zero-order valence-corrected chi connectivity index (χ0v) is 29.1. The number of pyridine rings is 1. The van der Waals surface area contributed by atoms with Crippen LogP contribution in [-0.2, 0) is 26.5 Å². The van der Waals surface area contributed by atoms with Gasteiger partial charge in [0.1, 0.15) is 11.3 Å². The van der Waals surface area contributed by atoms with Gasteiger partial charge in [0.2, 0.25) is 5.89 Å². The van der Waals surface area contributed by atoms with E-state index in [9.17, 15) is 5.11 Å². The van der Waals surface area contributed by atoms with E-state index >= 15 is 0 Å². The molecular formula is C41H35N2O2Pt-. The first-order chi connectivity index (χ1) is 21.6. The van der Waals surface area contributed by atoms with Gasteiger partial charge in [0.15, 0.2) is 0 Å². The Morgan fingerprint density at radius 2 is 1.37 bits per heavy atom. The third-order valence-corrected chi connectivity index (χ3v) is 8.70. The van der Waals surface area contributed by atoms with Gasteiger partial charge in [0, 0.05) is 32.8 Å². The molecule has 7 aromatic rings. The molecule has 0 bridgehead atoms. The SMILES string of the molecule is Cc1cccc(C)c1-c1cc(-c2[c-]c(-c3cc(C(C)(C)C)cc4c(C)ccnc34)ccc2)c2nc(-c3ccccc3O)oc2c1.[Pt]. The van der Waals surface area contributed by atoms with Crippen molar-refractivity contribution < 1.29 is 30.6 Å². The van der Waals surface area contributed by atoms with Crippen LogP contribution in [-0.4, -0.2) is 15.1 Å². The minimum Gasteiger partial charge on any atom is -0.507 e. The molecule has 0 aliphatic rings. The van der Waals surface area contributed by atoms with Gasteiger partial charge in [-0.3, -0.25) is 4.98 Å². The smallest absolute Gasteiger partial charge is 0.230 e. The molecule has 46 heavy (non-hydrogen) atoms. The molecule has 0 aliphatic carbocycles. The molecule has 4 nitrogen and oxygen atoms in total. The van der Waals surface area contributed by atoms with Crippen LogP contribution in [0, 0.1) is 26.8 Å². The molecule has 1 N–H and O–H groups in total. The van der Waals surface area contributed by atoms with Gasteiger partial charge in [-0.25, -0.2) is 4.98 Å². The van der Waals surface area contributed by atoms with Crippen molar-refractivity contribution in [2.45, 2.75) is 47.0 Å². The van der Waals surface area contributed by atoms with Crippen LogP contribution < -0.4 is 0 Å². The van der Waals surface area contributed by atoms with Crippen LogP contribution in [0.15, 0.2) is 102 Å². The molecule has 0 aliphatic heterocycles. The summed E-state index contributed by atoms with van der Waals surface area (Å²) in [4.78, 5) is 9.79. The van der Waals surface area contributed by atoms with Crippen LogP contribution in [0.2, 0.25) is 0 Å². The zero-order valence-electron chi connectivity index (χ0n) is 26.8. The van der Waals surface area contributed by atoms with E-state index in [0.29, 0.717) is 17.0 Å². The van der Waals surface area contributed by atoms with E-state index in [-0.39, 0.29) is 32.2 Å². The van der Waals surface area contributed by atoms with E-state index in [1.54, 1.807) is 12.1 Å². The van der Waals surface area contributed by atoms with Gasteiger partial charge >= 0.3 is 0 Å². The molecule has 5 heteroatoms. The molecule has 0 fully saturated rings. The average molecular weight is 783 g/mol. The van der Waals surface area contributed by atoms with E-state index in [0.717, 1.165) is 44.2 Å². The standard InChI is InChI=1S/C41H35N2O2.Pt/c1-24-17-18-42-38-32(24)22-30(41(4,5)6)23-34(38)28-14-10-13-27(19-28)33-20-29(37-25(2)11-9-12-26(37)3)21-36-39(33)43-40(45-36)31-15-7-8-16-35(31)44;/h7-18,20-23,44H,1-6H3;/q-1;. The maximum atomic E-state index is 10.6. The molecular weight excluding hydrogens is 748 g/mol. The summed E-state index contributed by atoms with van der Waals surface area (Å²) >= 11 is 0. The molecule has 0 spiro atoms. The van der Waals surface area contributed by atoms with Crippen molar-refractivity contribution in [3.63, 3.8) is 0 Å². The molecule has 0 saturated carbocycles. The molecule has 5 aromatic carbocycles. The number of oxazole rings is 1. The fourth-order valence-electron chi connectivity index (χ4n) is 6.23. The Balaban J connectivity index is 0.00000372. The molecule has 0 unspecified atom stereocenters. The summed E-state index contributed by atoms with van der Waals surface area (Å²) in [5.74, 6) is 0.505. The van der Waals surface area contributed by atoms with Crippen LogP contribution in [0.1, 0.15) is 43.0 Å². The normalized spacial score (nSPS) is 11.6. The number of nitrogens with zero attached hydrogens (tertiary/aromatic N) is 2. The number of phenols is 1. The summed E-state index contributed by atoms with van der Waals surface area (Å²) in [6.45, 7) is 13.1. The van der Waals surface area contributed by atoms with Gasteiger partial charge in [-0.2, -0.15) is 0 Å². The van der Waals surface area contributed by atoms with Gasteiger partial charge in [-0.1, -0.05) is 80.4 Å². The minimum atomic E-state index is -0.0329. The molecule has 0 radical (unpaired) electrons. The van der Waals surface area contributed by atoms with Gasteiger partial charge in [-0.05, 0) is 89.2 Å². The fraction of sp³-hybridized carbons (Fsp3) is 0.171.